The third-order valence-electron chi connectivity index (χ3n) is 5.02. The van der Waals surface area contributed by atoms with Crippen molar-refractivity contribution in [2.45, 2.75) is 18.9 Å². The van der Waals surface area contributed by atoms with Gasteiger partial charge >= 0.3 is 0 Å². The first-order valence-electron chi connectivity index (χ1n) is 8.83. The zero-order valence-electron chi connectivity index (χ0n) is 14.3. The smallest absolute Gasteiger partial charge is 0.254 e. The molecule has 2 N–H and O–H groups in total. The van der Waals surface area contributed by atoms with Crippen molar-refractivity contribution in [1.82, 2.24) is 14.9 Å². The van der Waals surface area contributed by atoms with Gasteiger partial charge in [-0.05, 0) is 36.3 Å². The number of nitrogens with zero attached hydrogens (tertiary/aromatic N) is 2. The Hall–Kier alpha value is -2.44. The summed E-state index contributed by atoms with van der Waals surface area (Å²) in [5.41, 5.74) is 1.49. The molecule has 4 rings (SSSR count). The molecule has 5 nitrogen and oxygen atoms in total. The average Bonchev–Trinajstić information content (AvgIpc) is 3.41. The summed E-state index contributed by atoms with van der Waals surface area (Å²) in [6.07, 6.45) is 4.64. The minimum absolute atomic E-state index is 0.0288. The van der Waals surface area contributed by atoms with E-state index in [9.17, 15) is 9.90 Å². The summed E-state index contributed by atoms with van der Waals surface area (Å²) in [5.74, 6) is 0.941. The lowest BCUT2D eigenvalue weighted by atomic mass is 9.90. The fourth-order valence-electron chi connectivity index (χ4n) is 3.57. The zero-order chi connectivity index (χ0) is 17.9. The number of nitrogens with one attached hydrogen (secondary N) is 1. The quantitative estimate of drug-likeness (QED) is 0.738. The molecule has 0 spiro atoms. The second-order valence-electron chi connectivity index (χ2n) is 6.57. The Labute approximate surface area is 156 Å². The maximum absolute atomic E-state index is 13.0. The first kappa shape index (κ1) is 17.0. The van der Waals surface area contributed by atoms with Crippen molar-refractivity contribution in [1.29, 1.82) is 0 Å². The van der Waals surface area contributed by atoms with E-state index in [1.165, 1.54) is 0 Å². The third-order valence-corrected chi connectivity index (χ3v) is 5.96. The van der Waals surface area contributed by atoms with Crippen molar-refractivity contribution in [3.05, 3.63) is 64.6 Å². The van der Waals surface area contributed by atoms with E-state index < -0.39 is 6.10 Å². The second kappa shape index (κ2) is 7.43. The summed E-state index contributed by atoms with van der Waals surface area (Å²) in [6.45, 7) is 1.33. The number of aromatic amines is 1. The van der Waals surface area contributed by atoms with Crippen LogP contribution in [0.1, 0.15) is 34.2 Å². The number of imidazole rings is 1. The predicted octanol–water partition coefficient (Wildman–Crippen LogP) is 3.72. The molecule has 26 heavy (non-hydrogen) atoms. The summed E-state index contributed by atoms with van der Waals surface area (Å²) >= 11 is 1.59. The molecule has 0 radical (unpaired) electrons. The highest BCUT2D eigenvalue weighted by Crippen LogP contribution is 2.33. The first-order chi connectivity index (χ1) is 12.7. The van der Waals surface area contributed by atoms with Gasteiger partial charge in [0.25, 0.3) is 5.91 Å². The van der Waals surface area contributed by atoms with Gasteiger partial charge in [-0.2, -0.15) is 0 Å². The molecule has 0 unspecified atom stereocenters. The minimum atomic E-state index is -0.428. The van der Waals surface area contributed by atoms with Crippen molar-refractivity contribution in [2.24, 2.45) is 5.92 Å². The molecule has 0 bridgehead atoms. The average molecular weight is 367 g/mol. The molecule has 1 aromatic carbocycles. The van der Waals surface area contributed by atoms with E-state index >= 15 is 0 Å². The van der Waals surface area contributed by atoms with Gasteiger partial charge in [-0.15, -0.1) is 11.3 Å². The maximum atomic E-state index is 13.0. The number of hydrogen-bond acceptors (Lipinski definition) is 4. The number of aliphatic hydroxyl groups excluding tert-OH is 1. The molecule has 0 aliphatic carbocycles. The summed E-state index contributed by atoms with van der Waals surface area (Å²) in [4.78, 5) is 23.3. The summed E-state index contributed by atoms with van der Waals surface area (Å²) in [6, 6.07) is 11.5. The molecule has 1 atom stereocenters. The zero-order valence-corrected chi connectivity index (χ0v) is 15.2. The van der Waals surface area contributed by atoms with Gasteiger partial charge in [0.05, 0.1) is 11.7 Å². The van der Waals surface area contributed by atoms with Gasteiger partial charge in [0, 0.05) is 35.9 Å². The molecule has 0 saturated carbocycles. The Morgan fingerprint density at radius 3 is 2.73 bits per heavy atom. The Balaban J connectivity index is 1.46. The number of aliphatic hydroxyl groups is 1. The number of hydrogen-bond donors (Lipinski definition) is 2. The number of thiophene rings is 1. The van der Waals surface area contributed by atoms with Gasteiger partial charge in [0.2, 0.25) is 0 Å². The highest BCUT2D eigenvalue weighted by molar-refractivity contribution is 7.10. The predicted molar refractivity (Wildman–Crippen MR) is 102 cm³/mol. The lowest BCUT2D eigenvalue weighted by molar-refractivity contribution is 0.0474. The summed E-state index contributed by atoms with van der Waals surface area (Å²) in [7, 11) is 0. The summed E-state index contributed by atoms with van der Waals surface area (Å²) in [5, 5.41) is 12.5. The van der Waals surface area contributed by atoms with Gasteiger partial charge in [-0.25, -0.2) is 4.98 Å². The SMILES string of the molecule is O=C(c1ccccc1-c1ncc[nH]1)N1CCC([C@H](O)c2cccs2)CC1. The summed E-state index contributed by atoms with van der Waals surface area (Å²) < 4.78 is 0. The molecular weight excluding hydrogens is 346 g/mol. The normalized spacial score (nSPS) is 16.6. The number of benzene rings is 1. The van der Waals surface area contributed by atoms with Crippen LogP contribution in [-0.2, 0) is 0 Å². The van der Waals surface area contributed by atoms with Crippen molar-refractivity contribution in [2.75, 3.05) is 13.1 Å². The fraction of sp³-hybridized carbons (Fsp3) is 0.300. The van der Waals surface area contributed by atoms with Crippen LogP contribution in [0, 0.1) is 5.92 Å². The molecule has 3 heterocycles. The number of piperidine rings is 1. The van der Waals surface area contributed by atoms with Crippen LogP contribution in [0.2, 0.25) is 0 Å². The molecule has 6 heteroatoms. The Morgan fingerprint density at radius 1 is 1.23 bits per heavy atom. The maximum Gasteiger partial charge on any atom is 0.254 e. The number of likely N-dealkylation sites (tertiary alicyclic amines) is 1. The standard InChI is InChI=1S/C20H21N3O2S/c24-18(17-6-3-13-26-17)14-7-11-23(12-8-14)20(25)16-5-2-1-4-15(16)19-21-9-10-22-19/h1-6,9-10,13-14,18,24H,7-8,11-12H2,(H,21,22)/t18-/m0/s1. The van der Waals surface area contributed by atoms with E-state index in [0.717, 1.165) is 23.3 Å². The molecule has 2 aromatic heterocycles. The van der Waals surface area contributed by atoms with E-state index in [4.69, 9.17) is 0 Å². The van der Waals surface area contributed by atoms with Crippen LogP contribution in [0.15, 0.2) is 54.2 Å². The highest BCUT2D eigenvalue weighted by Gasteiger charge is 2.30. The number of rotatable bonds is 4. The van der Waals surface area contributed by atoms with Gasteiger partial charge in [-0.1, -0.05) is 24.3 Å². The van der Waals surface area contributed by atoms with E-state index in [0.29, 0.717) is 24.5 Å². The van der Waals surface area contributed by atoms with Crippen LogP contribution in [0.25, 0.3) is 11.4 Å². The largest absolute Gasteiger partial charge is 0.387 e. The molecule has 1 fully saturated rings. The third kappa shape index (κ3) is 3.30. The molecule has 1 aliphatic heterocycles. The van der Waals surface area contributed by atoms with Crippen LogP contribution in [0.4, 0.5) is 0 Å². The molecule has 1 aliphatic rings. The Morgan fingerprint density at radius 2 is 2.04 bits per heavy atom. The second-order valence-corrected chi connectivity index (χ2v) is 7.55. The Bertz CT molecular complexity index is 853. The van der Waals surface area contributed by atoms with Crippen LogP contribution >= 0.6 is 11.3 Å². The molecule has 1 saturated heterocycles. The molecule has 134 valence electrons. The van der Waals surface area contributed by atoms with E-state index in [2.05, 4.69) is 9.97 Å². The highest BCUT2D eigenvalue weighted by atomic mass is 32.1. The van der Waals surface area contributed by atoms with Gasteiger partial charge in [-0.3, -0.25) is 4.79 Å². The lowest BCUT2D eigenvalue weighted by Crippen LogP contribution is -2.39. The van der Waals surface area contributed by atoms with Gasteiger partial charge in [0.15, 0.2) is 0 Å². The number of carbonyl (C=O) groups excluding carboxylic acids is 1. The molecular formula is C20H21N3O2S. The van der Waals surface area contributed by atoms with Gasteiger partial charge in [0.1, 0.15) is 5.82 Å². The van der Waals surface area contributed by atoms with Crippen LogP contribution in [0.3, 0.4) is 0 Å². The van der Waals surface area contributed by atoms with E-state index in [-0.39, 0.29) is 11.8 Å². The first-order valence-corrected chi connectivity index (χ1v) is 9.71. The lowest BCUT2D eigenvalue weighted by Gasteiger charge is -2.34. The van der Waals surface area contributed by atoms with Crippen molar-refractivity contribution >= 4 is 17.2 Å². The number of aromatic nitrogens is 2. The molecule has 3 aromatic rings. The Kier molecular flexibility index (Phi) is 4.86. The fourth-order valence-corrected chi connectivity index (χ4v) is 4.37. The monoisotopic (exact) mass is 367 g/mol. The van der Waals surface area contributed by atoms with Crippen LogP contribution < -0.4 is 0 Å². The number of carbonyl (C=O) groups is 1. The van der Waals surface area contributed by atoms with Crippen molar-refractivity contribution < 1.29 is 9.90 Å². The van der Waals surface area contributed by atoms with Crippen LogP contribution in [-0.4, -0.2) is 39.0 Å². The number of amides is 1. The van der Waals surface area contributed by atoms with E-state index in [1.54, 1.807) is 23.7 Å². The number of H-pyrrole nitrogens is 1. The van der Waals surface area contributed by atoms with Gasteiger partial charge < -0.3 is 15.0 Å². The van der Waals surface area contributed by atoms with Crippen molar-refractivity contribution in [3.63, 3.8) is 0 Å². The minimum Gasteiger partial charge on any atom is -0.387 e. The molecule has 1 amide bonds. The van der Waals surface area contributed by atoms with Crippen molar-refractivity contribution in [3.8, 4) is 11.4 Å². The van der Waals surface area contributed by atoms with E-state index in [1.807, 2.05) is 46.7 Å². The van der Waals surface area contributed by atoms with Crippen LogP contribution in [0.5, 0.6) is 0 Å². The topological polar surface area (TPSA) is 69.2 Å².